The molecule has 0 radical (unpaired) electrons. The highest BCUT2D eigenvalue weighted by Crippen LogP contribution is 2.15. The highest BCUT2D eigenvalue weighted by atomic mass is 16.2. The number of carbonyl (C=O) groups is 2. The summed E-state index contributed by atoms with van der Waals surface area (Å²) in [4.78, 5) is 25.7. The summed E-state index contributed by atoms with van der Waals surface area (Å²) in [6, 6.07) is 6.84. The molecule has 1 aromatic rings. The summed E-state index contributed by atoms with van der Waals surface area (Å²) in [5.41, 5.74) is 6.15. The van der Waals surface area contributed by atoms with E-state index in [1.165, 1.54) is 0 Å². The van der Waals surface area contributed by atoms with Gasteiger partial charge in [0.15, 0.2) is 0 Å². The topological polar surface area (TPSA) is 75.4 Å². The summed E-state index contributed by atoms with van der Waals surface area (Å²) in [7, 11) is 0. The van der Waals surface area contributed by atoms with Crippen molar-refractivity contribution in [1.29, 1.82) is 0 Å². The summed E-state index contributed by atoms with van der Waals surface area (Å²) >= 11 is 0. The highest BCUT2D eigenvalue weighted by Gasteiger charge is 2.25. The fraction of sp³-hybridized carbons (Fsp3) is 0.467. The van der Waals surface area contributed by atoms with Gasteiger partial charge in [0.05, 0.1) is 0 Å². The molecule has 0 spiro atoms. The first-order valence-corrected chi connectivity index (χ1v) is 7.05. The molecule has 1 unspecified atom stereocenters. The van der Waals surface area contributed by atoms with Gasteiger partial charge in [-0.2, -0.15) is 0 Å². The zero-order chi connectivity index (χ0) is 14.5. The molecule has 1 atom stereocenters. The Balaban J connectivity index is 2.19. The Hall–Kier alpha value is -1.88. The number of nitrogens with zero attached hydrogens (tertiary/aromatic N) is 1. The molecule has 0 aromatic heterocycles. The zero-order valence-electron chi connectivity index (χ0n) is 11.8. The number of likely N-dealkylation sites (N-methyl/N-ethyl adjacent to an activating group) is 1. The van der Waals surface area contributed by atoms with Gasteiger partial charge in [0, 0.05) is 30.3 Å². The molecule has 20 heavy (non-hydrogen) atoms. The molecule has 2 amide bonds. The van der Waals surface area contributed by atoms with Crippen molar-refractivity contribution in [3.8, 4) is 0 Å². The maximum atomic E-state index is 12.6. The van der Waals surface area contributed by atoms with Gasteiger partial charge in [-0.05, 0) is 44.5 Å². The van der Waals surface area contributed by atoms with Crippen molar-refractivity contribution in [3.05, 3.63) is 35.4 Å². The number of benzene rings is 1. The fourth-order valence-corrected chi connectivity index (χ4v) is 2.64. The molecule has 1 heterocycles. The van der Waals surface area contributed by atoms with Gasteiger partial charge in [0.2, 0.25) is 5.91 Å². The van der Waals surface area contributed by atoms with Crippen LogP contribution in [0.2, 0.25) is 0 Å². The maximum Gasteiger partial charge on any atom is 0.254 e. The van der Waals surface area contributed by atoms with Gasteiger partial charge in [-0.25, -0.2) is 0 Å². The Morgan fingerprint density at radius 2 is 2.15 bits per heavy atom. The second-order valence-corrected chi connectivity index (χ2v) is 5.04. The first kappa shape index (κ1) is 14.5. The van der Waals surface area contributed by atoms with Crippen molar-refractivity contribution >= 4 is 11.8 Å². The fourth-order valence-electron chi connectivity index (χ4n) is 2.64. The van der Waals surface area contributed by atoms with Crippen molar-refractivity contribution in [1.82, 2.24) is 10.2 Å². The van der Waals surface area contributed by atoms with E-state index in [0.29, 0.717) is 17.7 Å². The lowest BCUT2D eigenvalue weighted by molar-refractivity contribution is 0.0662. The van der Waals surface area contributed by atoms with E-state index >= 15 is 0 Å². The summed E-state index contributed by atoms with van der Waals surface area (Å²) in [6.07, 6.45) is 2.10. The minimum absolute atomic E-state index is 0.0377. The van der Waals surface area contributed by atoms with E-state index in [0.717, 1.165) is 25.9 Å². The number of nitrogens with one attached hydrogen (secondary N) is 1. The number of piperidine rings is 1. The van der Waals surface area contributed by atoms with Crippen LogP contribution >= 0.6 is 0 Å². The molecule has 0 saturated carbocycles. The average Bonchev–Trinajstić information content (AvgIpc) is 2.49. The second-order valence-electron chi connectivity index (χ2n) is 5.04. The first-order chi connectivity index (χ1) is 9.63. The van der Waals surface area contributed by atoms with Crippen LogP contribution in [-0.2, 0) is 0 Å². The standard InChI is InChI=1S/C15H21N3O2/c1-2-18(13-7-4-8-17-10-13)15(20)12-6-3-5-11(9-12)14(16)19/h3,5-6,9,13,17H,2,4,7-8,10H2,1H3,(H2,16,19). The van der Waals surface area contributed by atoms with Gasteiger partial charge >= 0.3 is 0 Å². The predicted molar refractivity (Wildman–Crippen MR) is 77.6 cm³/mol. The molecule has 1 aliphatic rings. The third kappa shape index (κ3) is 3.17. The van der Waals surface area contributed by atoms with Crippen LogP contribution in [0.25, 0.3) is 0 Å². The van der Waals surface area contributed by atoms with Crippen LogP contribution in [0.1, 0.15) is 40.5 Å². The minimum atomic E-state index is -0.512. The molecular formula is C15H21N3O2. The normalized spacial score (nSPS) is 18.6. The van der Waals surface area contributed by atoms with Crippen LogP contribution in [0.4, 0.5) is 0 Å². The Morgan fingerprint density at radius 1 is 1.40 bits per heavy atom. The van der Waals surface area contributed by atoms with Crippen molar-refractivity contribution in [2.45, 2.75) is 25.8 Å². The molecule has 0 bridgehead atoms. The minimum Gasteiger partial charge on any atom is -0.366 e. The number of hydrogen-bond donors (Lipinski definition) is 2. The Labute approximate surface area is 119 Å². The smallest absolute Gasteiger partial charge is 0.254 e. The lowest BCUT2D eigenvalue weighted by atomic mass is 10.0. The van der Waals surface area contributed by atoms with E-state index in [-0.39, 0.29) is 11.9 Å². The SMILES string of the molecule is CCN(C(=O)c1cccc(C(N)=O)c1)C1CCCNC1. The van der Waals surface area contributed by atoms with Gasteiger partial charge in [-0.3, -0.25) is 9.59 Å². The molecule has 2 rings (SSSR count). The van der Waals surface area contributed by atoms with Crippen LogP contribution in [0.15, 0.2) is 24.3 Å². The molecular weight excluding hydrogens is 254 g/mol. The number of carbonyl (C=O) groups excluding carboxylic acids is 2. The Kier molecular flexibility index (Phi) is 4.74. The summed E-state index contributed by atoms with van der Waals surface area (Å²) in [5.74, 6) is -0.550. The van der Waals surface area contributed by atoms with Crippen LogP contribution in [0.3, 0.4) is 0 Å². The molecule has 1 saturated heterocycles. The average molecular weight is 275 g/mol. The molecule has 108 valence electrons. The van der Waals surface area contributed by atoms with Gasteiger partial charge in [0.1, 0.15) is 0 Å². The molecule has 0 aliphatic carbocycles. The molecule has 1 fully saturated rings. The monoisotopic (exact) mass is 275 g/mol. The Morgan fingerprint density at radius 3 is 2.75 bits per heavy atom. The van der Waals surface area contributed by atoms with Gasteiger partial charge in [0.25, 0.3) is 5.91 Å². The summed E-state index contributed by atoms with van der Waals surface area (Å²) in [6.45, 7) is 4.48. The molecule has 1 aromatic carbocycles. The van der Waals surface area contributed by atoms with Gasteiger partial charge in [-0.1, -0.05) is 6.07 Å². The van der Waals surface area contributed by atoms with E-state index in [9.17, 15) is 9.59 Å². The van der Waals surface area contributed by atoms with E-state index in [1.54, 1.807) is 24.3 Å². The number of rotatable bonds is 4. The predicted octanol–water partition coefficient (Wildman–Crippen LogP) is 1.000. The lowest BCUT2D eigenvalue weighted by Gasteiger charge is -2.34. The van der Waals surface area contributed by atoms with E-state index < -0.39 is 5.91 Å². The maximum absolute atomic E-state index is 12.6. The third-order valence-corrected chi connectivity index (χ3v) is 3.71. The number of hydrogen-bond acceptors (Lipinski definition) is 3. The number of primary amides is 1. The van der Waals surface area contributed by atoms with Crippen LogP contribution in [0, 0.1) is 0 Å². The molecule has 3 N–H and O–H groups in total. The number of amides is 2. The third-order valence-electron chi connectivity index (χ3n) is 3.71. The van der Waals surface area contributed by atoms with Crippen LogP contribution in [-0.4, -0.2) is 42.4 Å². The zero-order valence-corrected chi connectivity index (χ0v) is 11.8. The lowest BCUT2D eigenvalue weighted by Crippen LogP contribution is -2.48. The van der Waals surface area contributed by atoms with Crippen molar-refractivity contribution in [2.24, 2.45) is 5.73 Å². The van der Waals surface area contributed by atoms with Gasteiger partial charge in [-0.15, -0.1) is 0 Å². The quantitative estimate of drug-likeness (QED) is 0.860. The second kappa shape index (κ2) is 6.52. The van der Waals surface area contributed by atoms with Crippen molar-refractivity contribution in [3.63, 3.8) is 0 Å². The van der Waals surface area contributed by atoms with E-state index in [1.807, 2.05) is 11.8 Å². The van der Waals surface area contributed by atoms with Crippen LogP contribution in [0.5, 0.6) is 0 Å². The molecule has 5 heteroatoms. The summed E-state index contributed by atoms with van der Waals surface area (Å²) < 4.78 is 0. The first-order valence-electron chi connectivity index (χ1n) is 7.05. The van der Waals surface area contributed by atoms with Crippen LogP contribution < -0.4 is 11.1 Å². The largest absolute Gasteiger partial charge is 0.366 e. The highest BCUT2D eigenvalue weighted by molar-refractivity contribution is 5.99. The van der Waals surface area contributed by atoms with E-state index in [2.05, 4.69) is 5.32 Å². The number of nitrogens with two attached hydrogens (primary N) is 1. The molecule has 5 nitrogen and oxygen atoms in total. The summed E-state index contributed by atoms with van der Waals surface area (Å²) in [5, 5.41) is 3.32. The Bertz CT molecular complexity index is 496. The van der Waals surface area contributed by atoms with Crippen molar-refractivity contribution in [2.75, 3.05) is 19.6 Å². The van der Waals surface area contributed by atoms with Gasteiger partial charge < -0.3 is 16.0 Å². The van der Waals surface area contributed by atoms with Crippen molar-refractivity contribution < 1.29 is 9.59 Å². The molecule has 1 aliphatic heterocycles. The van der Waals surface area contributed by atoms with E-state index in [4.69, 9.17) is 5.73 Å².